The number of carbonyl (C=O) groups is 2. The lowest BCUT2D eigenvalue weighted by Gasteiger charge is -2.01. The number of hydrogen-bond donors (Lipinski definition) is 2. The molecule has 1 amide bonds. The van der Waals surface area contributed by atoms with E-state index in [1.54, 1.807) is 0 Å². The number of ether oxygens (including phenoxy) is 1. The van der Waals surface area contributed by atoms with Gasteiger partial charge in [-0.2, -0.15) is 4.99 Å². The van der Waals surface area contributed by atoms with Crippen molar-refractivity contribution in [1.29, 1.82) is 0 Å². The van der Waals surface area contributed by atoms with Crippen molar-refractivity contribution >= 4 is 17.9 Å². The molecule has 1 aromatic carbocycles. The highest BCUT2D eigenvalue weighted by Gasteiger charge is 2.15. The first kappa shape index (κ1) is 11.7. The van der Waals surface area contributed by atoms with Crippen LogP contribution in [0.3, 0.4) is 0 Å². The fraction of sp³-hybridized carbons (Fsp3) is 0.100. The van der Waals surface area contributed by atoms with Crippen LogP contribution in [0.1, 0.15) is 20.7 Å². The van der Waals surface area contributed by atoms with Crippen molar-refractivity contribution in [2.75, 3.05) is 7.11 Å². The average molecular weight is 222 g/mol. The molecule has 84 valence electrons. The standard InChI is InChI=1S/C10H10N2O4/c1-16-10(11)12-8(13)6-4-2-3-5-7(6)9(14)15/h2-5H,1H3,(H,14,15)(H2,11,12,13). The first-order valence-corrected chi connectivity index (χ1v) is 4.31. The summed E-state index contributed by atoms with van der Waals surface area (Å²) >= 11 is 0. The molecule has 0 aliphatic carbocycles. The van der Waals surface area contributed by atoms with Gasteiger partial charge in [0.25, 0.3) is 11.9 Å². The summed E-state index contributed by atoms with van der Waals surface area (Å²) in [6.45, 7) is 0. The number of amidine groups is 1. The van der Waals surface area contributed by atoms with Crippen LogP contribution in [0.5, 0.6) is 0 Å². The van der Waals surface area contributed by atoms with Gasteiger partial charge < -0.3 is 15.6 Å². The van der Waals surface area contributed by atoms with E-state index in [9.17, 15) is 9.59 Å². The second-order valence-corrected chi connectivity index (χ2v) is 2.81. The number of nitrogens with zero attached hydrogens (tertiary/aromatic N) is 1. The lowest BCUT2D eigenvalue weighted by molar-refractivity contribution is 0.0692. The van der Waals surface area contributed by atoms with Gasteiger partial charge in [0, 0.05) is 0 Å². The molecule has 6 heteroatoms. The van der Waals surface area contributed by atoms with Crippen molar-refractivity contribution in [3.05, 3.63) is 35.4 Å². The first-order chi connectivity index (χ1) is 7.56. The van der Waals surface area contributed by atoms with Gasteiger partial charge in [-0.15, -0.1) is 0 Å². The van der Waals surface area contributed by atoms with Gasteiger partial charge in [-0.1, -0.05) is 12.1 Å². The van der Waals surface area contributed by atoms with Crippen LogP contribution in [0.15, 0.2) is 29.3 Å². The lowest BCUT2D eigenvalue weighted by Crippen LogP contribution is -2.17. The van der Waals surface area contributed by atoms with E-state index in [0.717, 1.165) is 0 Å². The Kier molecular flexibility index (Phi) is 3.60. The van der Waals surface area contributed by atoms with Crippen LogP contribution in [0.25, 0.3) is 0 Å². The summed E-state index contributed by atoms with van der Waals surface area (Å²) in [5.41, 5.74) is 5.04. The Hall–Kier alpha value is -2.37. The normalized spacial score (nSPS) is 10.9. The van der Waals surface area contributed by atoms with E-state index in [2.05, 4.69) is 9.73 Å². The number of aliphatic imine (C=N–C) groups is 1. The summed E-state index contributed by atoms with van der Waals surface area (Å²) in [7, 11) is 1.26. The van der Waals surface area contributed by atoms with Crippen LogP contribution in [-0.4, -0.2) is 30.1 Å². The minimum Gasteiger partial charge on any atom is -0.478 e. The molecule has 0 atom stereocenters. The number of carboxylic acid groups (broad SMARTS) is 1. The van der Waals surface area contributed by atoms with Gasteiger partial charge in [0.15, 0.2) is 0 Å². The predicted octanol–water partition coefficient (Wildman–Crippen LogP) is 0.486. The van der Waals surface area contributed by atoms with Gasteiger partial charge >= 0.3 is 5.97 Å². The number of hydrogen-bond acceptors (Lipinski definition) is 3. The number of benzene rings is 1. The maximum atomic E-state index is 11.5. The molecule has 0 fully saturated rings. The topological polar surface area (TPSA) is 102 Å². The zero-order chi connectivity index (χ0) is 12.1. The molecule has 0 aliphatic rings. The van der Waals surface area contributed by atoms with E-state index in [1.165, 1.54) is 31.4 Å². The number of carboxylic acids is 1. The highest BCUT2D eigenvalue weighted by Crippen LogP contribution is 2.10. The lowest BCUT2D eigenvalue weighted by atomic mass is 10.1. The fourth-order valence-electron chi connectivity index (χ4n) is 1.06. The van der Waals surface area contributed by atoms with E-state index in [0.29, 0.717) is 0 Å². The molecular weight excluding hydrogens is 212 g/mol. The molecule has 0 unspecified atom stereocenters. The first-order valence-electron chi connectivity index (χ1n) is 4.31. The molecule has 1 aromatic rings. The highest BCUT2D eigenvalue weighted by atomic mass is 16.5. The minimum atomic E-state index is -1.20. The average Bonchev–Trinajstić information content (AvgIpc) is 2.28. The van der Waals surface area contributed by atoms with Gasteiger partial charge in [0.2, 0.25) is 0 Å². The van der Waals surface area contributed by atoms with Crippen LogP contribution < -0.4 is 5.73 Å². The quantitative estimate of drug-likeness (QED) is 0.560. The Balaban J connectivity index is 3.14. The van der Waals surface area contributed by atoms with E-state index in [1.807, 2.05) is 0 Å². The molecule has 16 heavy (non-hydrogen) atoms. The Morgan fingerprint density at radius 2 is 1.88 bits per heavy atom. The van der Waals surface area contributed by atoms with Crippen molar-refractivity contribution in [2.24, 2.45) is 10.7 Å². The third kappa shape index (κ3) is 2.57. The van der Waals surface area contributed by atoms with Crippen molar-refractivity contribution in [1.82, 2.24) is 0 Å². The molecular formula is C10H10N2O4. The van der Waals surface area contributed by atoms with Gasteiger partial charge in [-0.3, -0.25) is 4.79 Å². The summed E-state index contributed by atoms with van der Waals surface area (Å²) in [5, 5.41) is 8.84. The summed E-state index contributed by atoms with van der Waals surface area (Å²) < 4.78 is 4.50. The van der Waals surface area contributed by atoms with E-state index in [4.69, 9.17) is 10.8 Å². The van der Waals surface area contributed by atoms with Crippen LogP contribution in [-0.2, 0) is 4.74 Å². The van der Waals surface area contributed by atoms with Gasteiger partial charge in [0.1, 0.15) is 0 Å². The maximum absolute atomic E-state index is 11.5. The number of amides is 1. The second kappa shape index (κ2) is 4.92. The Bertz CT molecular complexity index is 454. The molecule has 0 aromatic heterocycles. The highest BCUT2D eigenvalue weighted by molar-refractivity contribution is 6.08. The molecule has 0 saturated heterocycles. The van der Waals surface area contributed by atoms with Crippen molar-refractivity contribution in [2.45, 2.75) is 0 Å². The Morgan fingerprint density at radius 1 is 1.31 bits per heavy atom. The molecule has 6 nitrogen and oxygen atoms in total. The molecule has 0 saturated carbocycles. The predicted molar refractivity (Wildman–Crippen MR) is 56.4 cm³/mol. The summed E-state index contributed by atoms with van der Waals surface area (Å²) in [6.07, 6.45) is 0. The van der Waals surface area contributed by atoms with Crippen LogP contribution in [0.4, 0.5) is 0 Å². The molecule has 0 bridgehead atoms. The van der Waals surface area contributed by atoms with E-state index in [-0.39, 0.29) is 17.1 Å². The van der Waals surface area contributed by atoms with Crippen LogP contribution in [0.2, 0.25) is 0 Å². The number of rotatable bonds is 2. The van der Waals surface area contributed by atoms with E-state index < -0.39 is 11.9 Å². The third-order valence-electron chi connectivity index (χ3n) is 1.81. The molecule has 3 N–H and O–H groups in total. The number of methoxy groups -OCH3 is 1. The summed E-state index contributed by atoms with van der Waals surface area (Å²) in [5.74, 6) is -1.95. The zero-order valence-electron chi connectivity index (χ0n) is 8.51. The molecule has 0 spiro atoms. The van der Waals surface area contributed by atoms with Gasteiger partial charge in [-0.05, 0) is 12.1 Å². The van der Waals surface area contributed by atoms with Crippen molar-refractivity contribution < 1.29 is 19.4 Å². The summed E-state index contributed by atoms with van der Waals surface area (Å²) in [4.78, 5) is 25.7. The molecule has 0 radical (unpaired) electrons. The van der Waals surface area contributed by atoms with Crippen LogP contribution in [0, 0.1) is 0 Å². The molecule has 0 aliphatic heterocycles. The Morgan fingerprint density at radius 3 is 2.38 bits per heavy atom. The third-order valence-corrected chi connectivity index (χ3v) is 1.81. The van der Waals surface area contributed by atoms with Crippen molar-refractivity contribution in [3.63, 3.8) is 0 Å². The van der Waals surface area contributed by atoms with Crippen LogP contribution >= 0.6 is 0 Å². The smallest absolute Gasteiger partial charge is 0.336 e. The maximum Gasteiger partial charge on any atom is 0.336 e. The van der Waals surface area contributed by atoms with Crippen molar-refractivity contribution in [3.8, 4) is 0 Å². The molecule has 0 heterocycles. The minimum absolute atomic E-state index is 0.0324. The fourth-order valence-corrected chi connectivity index (χ4v) is 1.06. The zero-order valence-corrected chi connectivity index (χ0v) is 8.51. The number of carbonyl (C=O) groups excluding carboxylic acids is 1. The largest absolute Gasteiger partial charge is 0.478 e. The monoisotopic (exact) mass is 222 g/mol. The van der Waals surface area contributed by atoms with Gasteiger partial charge in [-0.25, -0.2) is 4.79 Å². The molecule has 1 rings (SSSR count). The second-order valence-electron chi connectivity index (χ2n) is 2.81. The van der Waals surface area contributed by atoms with Gasteiger partial charge in [0.05, 0.1) is 18.2 Å². The number of aromatic carboxylic acids is 1. The van der Waals surface area contributed by atoms with E-state index >= 15 is 0 Å². The number of nitrogens with two attached hydrogens (primary N) is 1. The SMILES string of the molecule is COC(N)=NC(=O)c1ccccc1C(=O)O. The Labute approximate surface area is 91.4 Å². The summed E-state index contributed by atoms with van der Waals surface area (Å²) in [6, 6.07) is 5.42.